The van der Waals surface area contributed by atoms with Gasteiger partial charge in [-0.05, 0) is 32.4 Å². The van der Waals surface area contributed by atoms with Crippen LogP contribution in [0.3, 0.4) is 0 Å². The molecule has 1 aromatic rings. The first kappa shape index (κ1) is 21.1. The minimum atomic E-state index is -0.509. The van der Waals surface area contributed by atoms with E-state index in [2.05, 4.69) is 34.9 Å². The molecule has 5 rings (SSSR count). The van der Waals surface area contributed by atoms with Crippen molar-refractivity contribution in [3.63, 3.8) is 0 Å². The van der Waals surface area contributed by atoms with Crippen LogP contribution < -0.4 is 16.1 Å². The van der Waals surface area contributed by atoms with Crippen LogP contribution in [0.4, 0.5) is 8.78 Å². The topological polar surface area (TPSA) is 57.8 Å². The Bertz CT molecular complexity index is 769. The van der Waals surface area contributed by atoms with Gasteiger partial charge in [0.2, 0.25) is 0 Å². The molecule has 7 unspecified atom stereocenters. The van der Waals surface area contributed by atoms with Crippen LogP contribution in [-0.4, -0.2) is 53.5 Å². The lowest BCUT2D eigenvalue weighted by Gasteiger charge is -2.34. The average molecular weight is 441 g/mol. The van der Waals surface area contributed by atoms with Gasteiger partial charge in [0.25, 0.3) is 0 Å². The van der Waals surface area contributed by atoms with E-state index in [0.717, 1.165) is 6.42 Å². The average Bonchev–Trinajstić information content (AvgIpc) is 3.21. The molecule has 0 bridgehead atoms. The van der Waals surface area contributed by atoms with Crippen molar-refractivity contribution in [3.8, 4) is 0 Å². The Hall–Kier alpha value is -0.810. The van der Waals surface area contributed by atoms with Gasteiger partial charge in [-0.25, -0.2) is 19.2 Å². The second-order valence-corrected chi connectivity index (χ2v) is 10.0. The smallest absolute Gasteiger partial charge is 0.130 e. The van der Waals surface area contributed by atoms with E-state index in [1.807, 2.05) is 6.92 Å². The van der Waals surface area contributed by atoms with Gasteiger partial charge in [-0.2, -0.15) is 0 Å². The van der Waals surface area contributed by atoms with E-state index in [9.17, 15) is 8.78 Å². The molecule has 166 valence electrons. The summed E-state index contributed by atoms with van der Waals surface area (Å²) in [4.78, 5) is 0. The summed E-state index contributed by atoms with van der Waals surface area (Å²) in [6.45, 7) is 7.28. The molecule has 4 fully saturated rings. The van der Waals surface area contributed by atoms with Crippen molar-refractivity contribution in [2.75, 3.05) is 13.2 Å². The molecule has 6 nitrogen and oxygen atoms in total. The van der Waals surface area contributed by atoms with Gasteiger partial charge in [0.15, 0.2) is 0 Å². The van der Waals surface area contributed by atoms with Gasteiger partial charge >= 0.3 is 0 Å². The molecule has 0 radical (unpaired) electrons. The summed E-state index contributed by atoms with van der Waals surface area (Å²) in [6.07, 6.45) is 1.12. The SMILES string of the molecule is CCC1NC2[C@H](C)NC(c3c(F)cccc3F)C3C4COC[C@H](C)OC4SC3N2N1. The number of thioether (sulfide) groups is 1. The Morgan fingerprint density at radius 2 is 1.93 bits per heavy atom. The van der Waals surface area contributed by atoms with Crippen molar-refractivity contribution in [1.29, 1.82) is 0 Å². The van der Waals surface area contributed by atoms with Crippen LogP contribution in [0.1, 0.15) is 38.8 Å². The largest absolute Gasteiger partial charge is 0.378 e. The van der Waals surface area contributed by atoms with Gasteiger partial charge < -0.3 is 14.8 Å². The highest BCUT2D eigenvalue weighted by molar-refractivity contribution is 8.00. The molecule has 4 saturated heterocycles. The summed E-state index contributed by atoms with van der Waals surface area (Å²) in [5.74, 6) is -1.08. The Morgan fingerprint density at radius 3 is 2.67 bits per heavy atom. The van der Waals surface area contributed by atoms with Crippen molar-refractivity contribution in [2.45, 2.75) is 68.5 Å². The van der Waals surface area contributed by atoms with Crippen molar-refractivity contribution in [2.24, 2.45) is 11.8 Å². The standard InChI is InChI=1S/C21H30F2N4O2S/c1-4-15-25-19-11(3)24-18(17-13(22)6-5-7-14(17)23)16-12-9-28-8-10(2)29-21(12)30-20(16)27(19)26-15/h5-7,10-12,15-16,18-21,24-26H,4,8-9H2,1-3H3/t10-,11-,12?,15?,16?,18?,19?,20?,21?/m0/s1. The number of rotatable bonds is 2. The molecule has 4 heterocycles. The molecule has 0 aliphatic carbocycles. The predicted octanol–water partition coefficient (Wildman–Crippen LogP) is 2.54. The highest BCUT2D eigenvalue weighted by atomic mass is 32.2. The van der Waals surface area contributed by atoms with E-state index in [4.69, 9.17) is 9.47 Å². The first-order valence-electron chi connectivity index (χ1n) is 10.9. The number of ether oxygens (including phenoxy) is 2. The van der Waals surface area contributed by atoms with E-state index in [1.165, 1.54) is 18.2 Å². The number of hydrogen-bond donors (Lipinski definition) is 3. The van der Waals surface area contributed by atoms with Crippen LogP contribution in [-0.2, 0) is 9.47 Å². The van der Waals surface area contributed by atoms with E-state index in [1.54, 1.807) is 11.8 Å². The first-order valence-corrected chi connectivity index (χ1v) is 11.8. The summed E-state index contributed by atoms with van der Waals surface area (Å²) >= 11 is 1.75. The third-order valence-corrected chi connectivity index (χ3v) is 8.30. The minimum Gasteiger partial charge on any atom is -0.378 e. The molecule has 1 aromatic carbocycles. The quantitative estimate of drug-likeness (QED) is 0.653. The van der Waals surface area contributed by atoms with Gasteiger partial charge in [-0.1, -0.05) is 13.0 Å². The van der Waals surface area contributed by atoms with Crippen LogP contribution in [0, 0.1) is 23.5 Å². The molecule has 0 spiro atoms. The Balaban J connectivity index is 1.58. The number of hydrazine groups is 1. The van der Waals surface area contributed by atoms with Crippen molar-refractivity contribution in [3.05, 3.63) is 35.4 Å². The summed E-state index contributed by atoms with van der Waals surface area (Å²) < 4.78 is 42.1. The number of nitrogens with zero attached hydrogens (tertiary/aromatic N) is 1. The monoisotopic (exact) mass is 440 g/mol. The summed E-state index contributed by atoms with van der Waals surface area (Å²) in [5.41, 5.74) is 3.64. The van der Waals surface area contributed by atoms with Gasteiger partial charge in [-0.3, -0.25) is 5.32 Å². The lowest BCUT2D eigenvalue weighted by atomic mass is 9.82. The Morgan fingerprint density at radius 1 is 1.17 bits per heavy atom. The zero-order valence-corrected chi connectivity index (χ0v) is 18.3. The highest BCUT2D eigenvalue weighted by Gasteiger charge is 2.57. The van der Waals surface area contributed by atoms with Crippen LogP contribution >= 0.6 is 11.8 Å². The molecular weight excluding hydrogens is 410 g/mol. The van der Waals surface area contributed by atoms with Crippen LogP contribution in [0.5, 0.6) is 0 Å². The van der Waals surface area contributed by atoms with Crippen molar-refractivity contribution < 1.29 is 18.3 Å². The van der Waals surface area contributed by atoms with E-state index in [0.29, 0.717) is 13.2 Å². The molecule has 3 N–H and O–H groups in total. The number of fused-ring (bicyclic) bond motifs is 5. The Kier molecular flexibility index (Phi) is 5.81. The van der Waals surface area contributed by atoms with E-state index >= 15 is 0 Å². The third-order valence-electron chi connectivity index (χ3n) is 6.75. The molecule has 0 saturated carbocycles. The fraction of sp³-hybridized carbons (Fsp3) is 0.714. The second kappa shape index (κ2) is 8.27. The van der Waals surface area contributed by atoms with Crippen LogP contribution in [0.2, 0.25) is 0 Å². The minimum absolute atomic E-state index is 0.00535. The molecule has 4 aliphatic rings. The summed E-state index contributed by atoms with van der Waals surface area (Å²) in [7, 11) is 0. The lowest BCUT2D eigenvalue weighted by Crippen LogP contribution is -2.52. The van der Waals surface area contributed by atoms with Crippen molar-refractivity contribution in [1.82, 2.24) is 21.1 Å². The zero-order chi connectivity index (χ0) is 21.0. The Labute approximate surface area is 180 Å². The zero-order valence-electron chi connectivity index (χ0n) is 17.5. The van der Waals surface area contributed by atoms with E-state index < -0.39 is 17.7 Å². The fourth-order valence-corrected chi connectivity index (χ4v) is 7.18. The van der Waals surface area contributed by atoms with Gasteiger partial charge in [0, 0.05) is 29.5 Å². The van der Waals surface area contributed by atoms with Crippen LogP contribution in [0.25, 0.3) is 0 Å². The molecule has 30 heavy (non-hydrogen) atoms. The molecule has 0 amide bonds. The normalized spacial score (nSPS) is 44.1. The second-order valence-electron chi connectivity index (χ2n) is 8.80. The predicted molar refractivity (Wildman–Crippen MR) is 111 cm³/mol. The van der Waals surface area contributed by atoms with Crippen LogP contribution in [0.15, 0.2) is 18.2 Å². The summed E-state index contributed by atoms with van der Waals surface area (Å²) in [6, 6.07) is 3.61. The van der Waals surface area contributed by atoms with Gasteiger partial charge in [0.05, 0.1) is 37.0 Å². The maximum absolute atomic E-state index is 14.9. The fourth-order valence-electron chi connectivity index (χ4n) is 5.32. The molecule has 4 aliphatic heterocycles. The number of benzene rings is 1. The maximum atomic E-state index is 14.9. The van der Waals surface area contributed by atoms with Crippen molar-refractivity contribution >= 4 is 11.8 Å². The molecular formula is C21H30F2N4O2S. The number of hydrogen-bond acceptors (Lipinski definition) is 7. The van der Waals surface area contributed by atoms with E-state index in [-0.39, 0.29) is 52.7 Å². The summed E-state index contributed by atoms with van der Waals surface area (Å²) in [5, 5.41) is 9.45. The maximum Gasteiger partial charge on any atom is 0.130 e. The third kappa shape index (κ3) is 3.48. The number of halogens is 2. The molecule has 0 aromatic heterocycles. The lowest BCUT2D eigenvalue weighted by molar-refractivity contribution is 0.0188. The van der Waals surface area contributed by atoms with Gasteiger partial charge in [0.1, 0.15) is 17.1 Å². The molecule has 9 heteroatoms. The molecule has 9 atom stereocenters. The highest BCUT2D eigenvalue weighted by Crippen LogP contribution is 2.53. The first-order chi connectivity index (χ1) is 14.5. The van der Waals surface area contributed by atoms with Gasteiger partial charge in [-0.15, -0.1) is 11.8 Å². The number of nitrogens with one attached hydrogen (secondary N) is 3.